The zero-order chi connectivity index (χ0) is 14.8. The summed E-state index contributed by atoms with van der Waals surface area (Å²) < 4.78 is 1.19. The van der Waals surface area contributed by atoms with Crippen LogP contribution in [0.3, 0.4) is 0 Å². The van der Waals surface area contributed by atoms with Gasteiger partial charge in [0.25, 0.3) is 0 Å². The molecule has 3 rings (SSSR count). The third-order valence-corrected chi connectivity index (χ3v) is 4.42. The number of nitrogens with two attached hydrogens (primary N) is 1. The fourth-order valence-corrected chi connectivity index (χ4v) is 3.13. The zero-order valence-electron chi connectivity index (χ0n) is 11.7. The summed E-state index contributed by atoms with van der Waals surface area (Å²) in [5.41, 5.74) is 8.43. The van der Waals surface area contributed by atoms with Crippen molar-refractivity contribution in [2.75, 3.05) is 11.9 Å². The molecule has 0 unspecified atom stereocenters. The Hall–Kier alpha value is -2.40. The topological polar surface area (TPSA) is 66.0 Å². The molecule has 0 aliphatic rings. The van der Waals surface area contributed by atoms with Gasteiger partial charge in [-0.05, 0) is 23.8 Å². The zero-order valence-corrected chi connectivity index (χ0v) is 12.5. The van der Waals surface area contributed by atoms with Crippen LogP contribution in [-0.2, 0) is 6.54 Å². The number of nitrogens with one attached hydrogen (secondary N) is 1. The van der Waals surface area contributed by atoms with Gasteiger partial charge >= 0.3 is 0 Å². The van der Waals surface area contributed by atoms with Gasteiger partial charge in [0.2, 0.25) is 0 Å². The van der Waals surface area contributed by atoms with Crippen LogP contribution in [0, 0.1) is 5.41 Å². The van der Waals surface area contributed by atoms with Crippen molar-refractivity contribution in [2.24, 2.45) is 5.73 Å². The SMILES string of the molecule is CN(Cc1cccc(C(=N)N)c1)c1nc2ccccc2s1. The molecule has 1 aromatic heterocycles. The molecule has 2 aromatic carbocycles. The molecule has 0 fully saturated rings. The lowest BCUT2D eigenvalue weighted by molar-refractivity contribution is 0.917. The molecule has 0 radical (unpaired) electrons. The van der Waals surface area contributed by atoms with Gasteiger partial charge in [-0.2, -0.15) is 0 Å². The Bertz CT molecular complexity index is 761. The average Bonchev–Trinajstić information content (AvgIpc) is 2.91. The third-order valence-electron chi connectivity index (χ3n) is 3.27. The first-order chi connectivity index (χ1) is 10.1. The first-order valence-corrected chi connectivity index (χ1v) is 7.45. The maximum atomic E-state index is 7.51. The molecule has 5 heteroatoms. The summed E-state index contributed by atoms with van der Waals surface area (Å²) in [6.45, 7) is 0.737. The van der Waals surface area contributed by atoms with Gasteiger partial charge in [-0.1, -0.05) is 41.7 Å². The van der Waals surface area contributed by atoms with Crippen LogP contribution >= 0.6 is 11.3 Å². The van der Waals surface area contributed by atoms with Gasteiger partial charge < -0.3 is 10.6 Å². The number of amidine groups is 1. The number of hydrogen-bond donors (Lipinski definition) is 2. The number of benzene rings is 2. The molecule has 21 heavy (non-hydrogen) atoms. The fraction of sp³-hybridized carbons (Fsp3) is 0.125. The Balaban J connectivity index is 1.84. The predicted molar refractivity (Wildman–Crippen MR) is 89.2 cm³/mol. The van der Waals surface area contributed by atoms with E-state index in [1.807, 2.05) is 49.5 Å². The van der Waals surface area contributed by atoms with Gasteiger partial charge in [0.1, 0.15) is 5.84 Å². The highest BCUT2D eigenvalue weighted by Crippen LogP contribution is 2.28. The summed E-state index contributed by atoms with van der Waals surface area (Å²) in [6, 6.07) is 15.9. The molecule has 3 aromatic rings. The van der Waals surface area contributed by atoms with E-state index in [2.05, 4.69) is 16.0 Å². The van der Waals surface area contributed by atoms with Crippen molar-refractivity contribution in [1.29, 1.82) is 5.41 Å². The van der Waals surface area contributed by atoms with E-state index in [9.17, 15) is 0 Å². The van der Waals surface area contributed by atoms with E-state index in [4.69, 9.17) is 11.1 Å². The Kier molecular flexibility index (Phi) is 3.58. The predicted octanol–water partition coefficient (Wildman–Crippen LogP) is 3.22. The number of aromatic nitrogens is 1. The van der Waals surface area contributed by atoms with E-state index in [0.717, 1.165) is 28.3 Å². The highest BCUT2D eigenvalue weighted by Gasteiger charge is 2.09. The average molecular weight is 296 g/mol. The second-order valence-electron chi connectivity index (χ2n) is 4.93. The molecule has 0 saturated heterocycles. The van der Waals surface area contributed by atoms with Crippen LogP contribution in [0.2, 0.25) is 0 Å². The lowest BCUT2D eigenvalue weighted by Crippen LogP contribution is -2.17. The number of nitrogens with zero attached hydrogens (tertiary/aromatic N) is 2. The first kappa shape index (κ1) is 13.6. The van der Waals surface area contributed by atoms with Crippen molar-refractivity contribution in [2.45, 2.75) is 6.54 Å². The molecule has 1 heterocycles. The minimum absolute atomic E-state index is 0.0968. The van der Waals surface area contributed by atoms with Gasteiger partial charge in [0.05, 0.1) is 10.2 Å². The lowest BCUT2D eigenvalue weighted by atomic mass is 10.1. The summed E-state index contributed by atoms with van der Waals surface area (Å²) >= 11 is 1.68. The molecule has 106 valence electrons. The summed E-state index contributed by atoms with van der Waals surface area (Å²) in [6.07, 6.45) is 0. The Labute approximate surface area is 127 Å². The summed E-state index contributed by atoms with van der Waals surface area (Å²) in [7, 11) is 2.03. The maximum absolute atomic E-state index is 7.51. The van der Waals surface area contributed by atoms with Crippen LogP contribution in [-0.4, -0.2) is 17.9 Å². The molecule has 0 spiro atoms. The summed E-state index contributed by atoms with van der Waals surface area (Å²) in [5.74, 6) is 0.0968. The van der Waals surface area contributed by atoms with Gasteiger partial charge in [0.15, 0.2) is 5.13 Å². The van der Waals surface area contributed by atoms with Crippen LogP contribution in [0.4, 0.5) is 5.13 Å². The number of nitrogen functional groups attached to an aromatic ring is 1. The van der Waals surface area contributed by atoms with Gasteiger partial charge in [-0.3, -0.25) is 5.41 Å². The summed E-state index contributed by atoms with van der Waals surface area (Å²) in [5, 5.41) is 8.50. The molecule has 4 nitrogen and oxygen atoms in total. The second-order valence-corrected chi connectivity index (χ2v) is 5.94. The Morgan fingerprint density at radius 2 is 2.05 bits per heavy atom. The quantitative estimate of drug-likeness (QED) is 0.574. The summed E-state index contributed by atoms with van der Waals surface area (Å²) in [4.78, 5) is 6.76. The number of rotatable bonds is 4. The fourth-order valence-electron chi connectivity index (χ4n) is 2.20. The molecule has 0 aliphatic heterocycles. The molecule has 0 saturated carbocycles. The lowest BCUT2D eigenvalue weighted by Gasteiger charge is -2.16. The van der Waals surface area contributed by atoms with Gasteiger partial charge in [0, 0.05) is 19.2 Å². The van der Waals surface area contributed by atoms with Gasteiger partial charge in [-0.25, -0.2) is 4.98 Å². The largest absolute Gasteiger partial charge is 0.384 e. The molecule has 0 aliphatic carbocycles. The first-order valence-electron chi connectivity index (χ1n) is 6.63. The van der Waals surface area contributed by atoms with Crippen molar-refractivity contribution in [1.82, 2.24) is 4.98 Å². The van der Waals surface area contributed by atoms with Crippen molar-refractivity contribution < 1.29 is 0 Å². The van der Waals surface area contributed by atoms with Crippen LogP contribution in [0.1, 0.15) is 11.1 Å². The minimum atomic E-state index is 0.0968. The number of fused-ring (bicyclic) bond motifs is 1. The molecular formula is C16H16N4S. The van der Waals surface area contributed by atoms with E-state index in [-0.39, 0.29) is 5.84 Å². The van der Waals surface area contributed by atoms with Crippen molar-refractivity contribution in [3.8, 4) is 0 Å². The van der Waals surface area contributed by atoms with Crippen LogP contribution in [0.15, 0.2) is 48.5 Å². The minimum Gasteiger partial charge on any atom is -0.384 e. The van der Waals surface area contributed by atoms with E-state index in [0.29, 0.717) is 0 Å². The van der Waals surface area contributed by atoms with Crippen molar-refractivity contribution >= 4 is 32.5 Å². The second kappa shape index (κ2) is 5.54. The number of para-hydroxylation sites is 1. The van der Waals surface area contributed by atoms with Crippen LogP contribution in [0.5, 0.6) is 0 Å². The Morgan fingerprint density at radius 3 is 2.81 bits per heavy atom. The molecule has 0 bridgehead atoms. The van der Waals surface area contributed by atoms with Crippen molar-refractivity contribution in [3.05, 3.63) is 59.7 Å². The number of hydrogen-bond acceptors (Lipinski definition) is 4. The highest BCUT2D eigenvalue weighted by atomic mass is 32.1. The molecule has 0 amide bonds. The van der Waals surface area contributed by atoms with E-state index in [1.165, 1.54) is 4.70 Å². The normalized spacial score (nSPS) is 10.7. The van der Waals surface area contributed by atoms with E-state index >= 15 is 0 Å². The molecular weight excluding hydrogens is 280 g/mol. The standard InChI is InChI=1S/C16H16N4S/c1-20(10-11-5-4-6-12(9-11)15(17)18)16-19-13-7-2-3-8-14(13)21-16/h2-9H,10H2,1H3,(H3,17,18). The highest BCUT2D eigenvalue weighted by molar-refractivity contribution is 7.22. The monoisotopic (exact) mass is 296 g/mol. The smallest absolute Gasteiger partial charge is 0.186 e. The van der Waals surface area contributed by atoms with Crippen LogP contribution in [0.25, 0.3) is 10.2 Å². The van der Waals surface area contributed by atoms with E-state index in [1.54, 1.807) is 11.3 Å². The van der Waals surface area contributed by atoms with Crippen molar-refractivity contribution in [3.63, 3.8) is 0 Å². The molecule has 0 atom stereocenters. The number of thiazole rings is 1. The maximum Gasteiger partial charge on any atom is 0.186 e. The van der Waals surface area contributed by atoms with E-state index < -0.39 is 0 Å². The third kappa shape index (κ3) is 2.87. The number of anilines is 1. The van der Waals surface area contributed by atoms with Gasteiger partial charge in [-0.15, -0.1) is 0 Å². The van der Waals surface area contributed by atoms with Crippen LogP contribution < -0.4 is 10.6 Å². The molecule has 3 N–H and O–H groups in total. The Morgan fingerprint density at radius 1 is 1.24 bits per heavy atom.